The van der Waals surface area contributed by atoms with Gasteiger partial charge in [-0.25, -0.2) is 4.79 Å². The van der Waals surface area contributed by atoms with Crippen LogP contribution in [-0.4, -0.2) is 34.2 Å². The second-order valence-electron chi connectivity index (χ2n) is 5.10. The number of primary amides is 1. The van der Waals surface area contributed by atoms with Gasteiger partial charge in [0.25, 0.3) is 5.56 Å². The fourth-order valence-corrected chi connectivity index (χ4v) is 2.42. The number of methoxy groups -OCH3 is 1. The van der Waals surface area contributed by atoms with Gasteiger partial charge in [0.15, 0.2) is 0 Å². The number of phenolic OH excluding ortho intramolecular Hbond substituents is 1. The summed E-state index contributed by atoms with van der Waals surface area (Å²) in [7, 11) is 1.13. The van der Waals surface area contributed by atoms with Gasteiger partial charge >= 0.3 is 5.97 Å². The number of hydrogen-bond acceptors (Lipinski definition) is 6. The van der Waals surface area contributed by atoms with Crippen LogP contribution in [0, 0.1) is 0 Å². The minimum Gasteiger partial charge on any atom is -0.508 e. The number of ether oxygens (including phenoxy) is 1. The van der Waals surface area contributed by atoms with Crippen molar-refractivity contribution >= 4 is 11.9 Å². The zero-order valence-corrected chi connectivity index (χ0v) is 12.8. The molecular formula is C16H16N2O6. The molecule has 0 radical (unpaired) electrons. The average Bonchev–Trinajstić information content (AvgIpc) is 2.54. The molecular weight excluding hydrogens is 316 g/mol. The zero-order valence-electron chi connectivity index (χ0n) is 12.8. The number of aromatic nitrogens is 1. The molecule has 1 heterocycles. The lowest BCUT2D eigenvalue weighted by molar-refractivity contribution is -0.118. The molecule has 0 aliphatic rings. The molecule has 1 unspecified atom stereocenters. The molecule has 0 saturated carbocycles. The third-order valence-corrected chi connectivity index (χ3v) is 3.56. The molecule has 24 heavy (non-hydrogen) atoms. The van der Waals surface area contributed by atoms with Crippen LogP contribution in [-0.2, 0) is 9.53 Å². The van der Waals surface area contributed by atoms with E-state index in [0.29, 0.717) is 5.56 Å². The zero-order chi connectivity index (χ0) is 17.9. The van der Waals surface area contributed by atoms with Crippen molar-refractivity contribution in [1.29, 1.82) is 0 Å². The summed E-state index contributed by atoms with van der Waals surface area (Å²) >= 11 is 0. The monoisotopic (exact) mass is 332 g/mol. The average molecular weight is 332 g/mol. The molecule has 8 heteroatoms. The van der Waals surface area contributed by atoms with E-state index in [2.05, 4.69) is 9.72 Å². The summed E-state index contributed by atoms with van der Waals surface area (Å²) < 4.78 is 4.55. The van der Waals surface area contributed by atoms with Gasteiger partial charge in [0.2, 0.25) is 5.91 Å². The topological polar surface area (TPSA) is 143 Å². The molecule has 0 saturated heterocycles. The van der Waals surface area contributed by atoms with Gasteiger partial charge < -0.3 is 25.7 Å². The SMILES string of the molecule is COC(=O)c1c[nH]c(=O)c(C(CC(N)=O)c2ccc(O)cc2)c1O. The van der Waals surface area contributed by atoms with Gasteiger partial charge in [-0.05, 0) is 17.7 Å². The van der Waals surface area contributed by atoms with Gasteiger partial charge in [-0.15, -0.1) is 0 Å². The van der Waals surface area contributed by atoms with Crippen LogP contribution in [0.3, 0.4) is 0 Å². The number of nitrogens with one attached hydrogen (secondary N) is 1. The first-order valence-electron chi connectivity index (χ1n) is 6.95. The van der Waals surface area contributed by atoms with Crippen molar-refractivity contribution in [3.63, 3.8) is 0 Å². The number of phenols is 1. The van der Waals surface area contributed by atoms with Crippen molar-refractivity contribution in [2.75, 3.05) is 7.11 Å². The fraction of sp³-hybridized carbons (Fsp3) is 0.188. The Labute approximate surface area is 136 Å². The molecule has 1 aromatic carbocycles. The third-order valence-electron chi connectivity index (χ3n) is 3.56. The van der Waals surface area contributed by atoms with E-state index in [9.17, 15) is 24.6 Å². The Kier molecular flexibility index (Phi) is 4.88. The minimum atomic E-state index is -0.892. The molecule has 1 atom stereocenters. The van der Waals surface area contributed by atoms with Crippen molar-refractivity contribution < 1.29 is 24.5 Å². The highest BCUT2D eigenvalue weighted by Gasteiger charge is 2.27. The van der Waals surface area contributed by atoms with Crippen LogP contribution in [0.15, 0.2) is 35.3 Å². The Hall–Kier alpha value is -3.29. The summed E-state index contributed by atoms with van der Waals surface area (Å²) in [6, 6.07) is 5.73. The number of carbonyl (C=O) groups excluding carboxylic acids is 2. The highest BCUT2D eigenvalue weighted by Crippen LogP contribution is 2.33. The third kappa shape index (κ3) is 3.37. The molecule has 2 aromatic rings. The first-order chi connectivity index (χ1) is 11.3. The van der Waals surface area contributed by atoms with E-state index in [1.807, 2.05) is 0 Å². The summed E-state index contributed by atoms with van der Waals surface area (Å²) in [5.74, 6) is -3.01. The van der Waals surface area contributed by atoms with E-state index in [0.717, 1.165) is 13.3 Å². The largest absolute Gasteiger partial charge is 0.508 e. The number of esters is 1. The van der Waals surface area contributed by atoms with Gasteiger partial charge in [-0.3, -0.25) is 9.59 Å². The second kappa shape index (κ2) is 6.86. The fourth-order valence-electron chi connectivity index (χ4n) is 2.42. The van der Waals surface area contributed by atoms with Gasteiger partial charge in [0.1, 0.15) is 17.1 Å². The highest BCUT2D eigenvalue weighted by molar-refractivity contribution is 5.92. The van der Waals surface area contributed by atoms with E-state index >= 15 is 0 Å². The van der Waals surface area contributed by atoms with Crippen molar-refractivity contribution in [2.24, 2.45) is 5.73 Å². The lowest BCUT2D eigenvalue weighted by Gasteiger charge is -2.18. The van der Waals surface area contributed by atoms with Gasteiger partial charge in [0, 0.05) is 18.5 Å². The number of carbonyl (C=O) groups is 2. The molecule has 0 aliphatic heterocycles. The van der Waals surface area contributed by atoms with Gasteiger partial charge in [-0.1, -0.05) is 12.1 Å². The van der Waals surface area contributed by atoms with Crippen LogP contribution < -0.4 is 11.3 Å². The van der Waals surface area contributed by atoms with E-state index in [1.165, 1.54) is 24.3 Å². The maximum atomic E-state index is 12.2. The predicted molar refractivity (Wildman–Crippen MR) is 83.8 cm³/mol. The minimum absolute atomic E-state index is 0.00184. The standard InChI is InChI=1S/C16H16N2O6/c1-24-16(23)11-7-18-15(22)13(14(11)21)10(6-12(17)20)8-2-4-9(19)5-3-8/h2-5,7,10,19H,6H2,1H3,(H2,17,20)(H2,18,21,22). The van der Waals surface area contributed by atoms with E-state index in [-0.39, 0.29) is 23.3 Å². The molecule has 0 bridgehead atoms. The van der Waals surface area contributed by atoms with Crippen LogP contribution in [0.5, 0.6) is 11.5 Å². The Bertz CT molecular complexity index is 825. The number of benzene rings is 1. The van der Waals surface area contributed by atoms with Crippen LogP contribution in [0.2, 0.25) is 0 Å². The van der Waals surface area contributed by atoms with Gasteiger partial charge in [0.05, 0.1) is 12.7 Å². The Morgan fingerprint density at radius 2 is 1.88 bits per heavy atom. The van der Waals surface area contributed by atoms with Crippen LogP contribution in [0.25, 0.3) is 0 Å². The van der Waals surface area contributed by atoms with E-state index in [4.69, 9.17) is 5.73 Å². The maximum Gasteiger partial charge on any atom is 0.343 e. The molecule has 0 fully saturated rings. The van der Waals surface area contributed by atoms with Crippen LogP contribution >= 0.6 is 0 Å². The normalized spacial score (nSPS) is 11.7. The van der Waals surface area contributed by atoms with Crippen LogP contribution in [0.1, 0.15) is 33.8 Å². The smallest absolute Gasteiger partial charge is 0.343 e. The molecule has 8 nitrogen and oxygen atoms in total. The summed E-state index contributed by atoms with van der Waals surface area (Å²) in [4.78, 5) is 37.6. The predicted octanol–water partition coefficient (Wildman–Crippen LogP) is 0.580. The summed E-state index contributed by atoms with van der Waals surface area (Å²) in [5.41, 5.74) is 4.63. The molecule has 1 amide bonds. The number of pyridine rings is 1. The van der Waals surface area contributed by atoms with E-state index < -0.39 is 29.1 Å². The number of H-pyrrole nitrogens is 1. The molecule has 5 N–H and O–H groups in total. The second-order valence-corrected chi connectivity index (χ2v) is 5.10. The number of amides is 1. The summed E-state index contributed by atoms with van der Waals surface area (Å²) in [6.07, 6.45) is 0.761. The number of hydrogen-bond donors (Lipinski definition) is 4. The molecule has 2 rings (SSSR count). The first kappa shape index (κ1) is 17.1. The van der Waals surface area contributed by atoms with E-state index in [1.54, 1.807) is 0 Å². The highest BCUT2D eigenvalue weighted by atomic mass is 16.5. The molecule has 1 aromatic heterocycles. The Morgan fingerprint density at radius 1 is 1.25 bits per heavy atom. The Morgan fingerprint density at radius 3 is 2.42 bits per heavy atom. The number of rotatable bonds is 5. The molecule has 0 spiro atoms. The van der Waals surface area contributed by atoms with Crippen molar-refractivity contribution in [1.82, 2.24) is 4.98 Å². The Balaban J connectivity index is 2.66. The van der Waals surface area contributed by atoms with Gasteiger partial charge in [-0.2, -0.15) is 0 Å². The molecule has 0 aliphatic carbocycles. The quantitative estimate of drug-likeness (QED) is 0.590. The number of aromatic hydroxyl groups is 2. The van der Waals surface area contributed by atoms with Crippen LogP contribution in [0.4, 0.5) is 0 Å². The number of nitrogens with two attached hydrogens (primary N) is 1. The first-order valence-corrected chi connectivity index (χ1v) is 6.95. The van der Waals surface area contributed by atoms with Crippen molar-refractivity contribution in [3.8, 4) is 11.5 Å². The summed E-state index contributed by atoms with van der Waals surface area (Å²) in [6.45, 7) is 0. The lowest BCUT2D eigenvalue weighted by atomic mass is 9.87. The summed E-state index contributed by atoms with van der Waals surface area (Å²) in [5, 5.41) is 19.7. The molecule has 126 valence electrons. The maximum absolute atomic E-state index is 12.2. The van der Waals surface area contributed by atoms with Crippen molar-refractivity contribution in [3.05, 3.63) is 57.5 Å². The van der Waals surface area contributed by atoms with Crippen molar-refractivity contribution in [2.45, 2.75) is 12.3 Å². The lowest BCUT2D eigenvalue weighted by Crippen LogP contribution is -2.23. The number of aromatic amines is 1.